The molecule has 0 spiro atoms. The van der Waals surface area contributed by atoms with Gasteiger partial charge in [-0.05, 0) is 12.3 Å². The molecule has 2 aliphatic rings. The number of hydrogen-bond acceptors (Lipinski definition) is 2. The molecule has 86 valence electrons. The van der Waals surface area contributed by atoms with Crippen LogP contribution in [0.2, 0.25) is 0 Å². The van der Waals surface area contributed by atoms with Crippen LogP contribution in [0.25, 0.3) is 0 Å². The number of carbonyl (C=O) groups is 1. The molecule has 0 aromatic rings. The molecule has 1 saturated carbocycles. The van der Waals surface area contributed by atoms with Gasteiger partial charge in [-0.1, -0.05) is 12.8 Å². The van der Waals surface area contributed by atoms with Crippen LogP contribution in [0.5, 0.6) is 0 Å². The lowest BCUT2D eigenvalue weighted by molar-refractivity contribution is -0.131. The Hall–Kier alpha value is -0.640. The van der Waals surface area contributed by atoms with E-state index >= 15 is 0 Å². The van der Waals surface area contributed by atoms with E-state index in [1.807, 2.05) is 7.05 Å². The van der Waals surface area contributed by atoms with Gasteiger partial charge in [0.15, 0.2) is 0 Å². The first-order valence-corrected chi connectivity index (χ1v) is 5.79. The van der Waals surface area contributed by atoms with Crippen molar-refractivity contribution in [3.63, 3.8) is 0 Å². The monoisotopic (exact) mass is 214 g/mol. The summed E-state index contributed by atoms with van der Waals surface area (Å²) >= 11 is 0. The van der Waals surface area contributed by atoms with Crippen molar-refractivity contribution in [2.45, 2.75) is 37.9 Å². The Bertz CT molecular complexity index is 243. The number of alkyl halides is 1. The van der Waals surface area contributed by atoms with Crippen LogP contribution in [0.3, 0.4) is 0 Å². The topological polar surface area (TPSA) is 32.3 Å². The van der Waals surface area contributed by atoms with E-state index < -0.39 is 6.17 Å². The zero-order valence-electron chi connectivity index (χ0n) is 9.21. The Morgan fingerprint density at radius 1 is 1.53 bits per heavy atom. The molecule has 0 bridgehead atoms. The lowest BCUT2D eigenvalue weighted by Crippen LogP contribution is -2.42. The molecule has 1 heterocycles. The normalized spacial score (nSPS) is 30.5. The Kier molecular flexibility index (Phi) is 3.24. The van der Waals surface area contributed by atoms with Gasteiger partial charge in [-0.25, -0.2) is 4.39 Å². The van der Waals surface area contributed by atoms with Gasteiger partial charge in [0.2, 0.25) is 5.91 Å². The molecule has 0 aromatic carbocycles. The number of rotatable bonds is 4. The smallest absolute Gasteiger partial charge is 0.239 e. The highest BCUT2D eigenvalue weighted by atomic mass is 19.1. The molecule has 0 aromatic heterocycles. The van der Waals surface area contributed by atoms with Crippen LogP contribution < -0.4 is 5.32 Å². The van der Waals surface area contributed by atoms with Crippen molar-refractivity contribution >= 4 is 5.91 Å². The summed E-state index contributed by atoms with van der Waals surface area (Å²) in [6, 6.07) is -0.288. The Labute approximate surface area is 90.0 Å². The Morgan fingerprint density at radius 3 is 2.80 bits per heavy atom. The van der Waals surface area contributed by atoms with Gasteiger partial charge in [0, 0.05) is 26.6 Å². The number of nitrogens with zero attached hydrogens (tertiary/aromatic N) is 1. The molecule has 15 heavy (non-hydrogen) atoms. The van der Waals surface area contributed by atoms with E-state index in [-0.39, 0.29) is 11.9 Å². The molecule has 2 atom stereocenters. The highest BCUT2D eigenvalue weighted by Crippen LogP contribution is 2.32. The Balaban J connectivity index is 1.73. The summed E-state index contributed by atoms with van der Waals surface area (Å²) in [5, 5.41) is 2.92. The van der Waals surface area contributed by atoms with E-state index in [2.05, 4.69) is 5.32 Å². The number of nitrogens with one attached hydrogen (secondary N) is 1. The maximum absolute atomic E-state index is 12.9. The van der Waals surface area contributed by atoms with Crippen LogP contribution in [-0.2, 0) is 4.79 Å². The molecule has 2 fully saturated rings. The fourth-order valence-electron chi connectivity index (χ4n) is 2.04. The predicted octanol–water partition coefficient (Wildman–Crippen LogP) is 0.945. The van der Waals surface area contributed by atoms with Crippen LogP contribution in [-0.4, -0.2) is 43.2 Å². The van der Waals surface area contributed by atoms with E-state index in [0.717, 1.165) is 18.9 Å². The second-order valence-corrected chi connectivity index (χ2v) is 4.79. The third-order valence-corrected chi connectivity index (χ3v) is 3.32. The molecular formula is C11H19FN2O. The lowest BCUT2D eigenvalue weighted by atomic mass is 10.2. The average Bonchev–Trinajstić information content (AvgIpc) is 2.95. The van der Waals surface area contributed by atoms with Gasteiger partial charge in [0.25, 0.3) is 0 Å². The summed E-state index contributed by atoms with van der Waals surface area (Å²) in [5.41, 5.74) is 0. The van der Waals surface area contributed by atoms with Gasteiger partial charge in [0.05, 0.1) is 6.04 Å². The minimum absolute atomic E-state index is 0.0517. The first-order chi connectivity index (χ1) is 7.16. The SMILES string of the molecule is CN(CCC1CC1)C(=O)[C@H]1C[C@H](F)CN1. The van der Waals surface area contributed by atoms with Crippen molar-refractivity contribution in [3.05, 3.63) is 0 Å². The molecule has 1 aliphatic carbocycles. The quantitative estimate of drug-likeness (QED) is 0.755. The summed E-state index contributed by atoms with van der Waals surface area (Å²) in [6.45, 7) is 1.14. The van der Waals surface area contributed by atoms with Crippen molar-refractivity contribution in [2.75, 3.05) is 20.1 Å². The van der Waals surface area contributed by atoms with E-state index in [1.54, 1.807) is 4.90 Å². The summed E-state index contributed by atoms with van der Waals surface area (Å²) in [5.74, 6) is 0.890. The van der Waals surface area contributed by atoms with Crippen LogP contribution in [0.4, 0.5) is 4.39 Å². The molecule has 1 aliphatic heterocycles. The van der Waals surface area contributed by atoms with Crippen LogP contribution in [0.1, 0.15) is 25.7 Å². The van der Waals surface area contributed by atoms with E-state index in [0.29, 0.717) is 13.0 Å². The van der Waals surface area contributed by atoms with Crippen molar-refractivity contribution in [2.24, 2.45) is 5.92 Å². The highest BCUT2D eigenvalue weighted by molar-refractivity contribution is 5.82. The summed E-state index contributed by atoms with van der Waals surface area (Å²) < 4.78 is 12.9. The summed E-state index contributed by atoms with van der Waals surface area (Å²) in [4.78, 5) is 13.6. The van der Waals surface area contributed by atoms with Gasteiger partial charge in [-0.3, -0.25) is 4.79 Å². The summed E-state index contributed by atoms with van der Waals surface area (Å²) in [7, 11) is 1.82. The molecule has 1 N–H and O–H groups in total. The van der Waals surface area contributed by atoms with E-state index in [4.69, 9.17) is 0 Å². The van der Waals surface area contributed by atoms with E-state index in [1.165, 1.54) is 12.8 Å². The van der Waals surface area contributed by atoms with Crippen molar-refractivity contribution in [1.82, 2.24) is 10.2 Å². The summed E-state index contributed by atoms with van der Waals surface area (Å²) in [6.07, 6.45) is 3.23. The second-order valence-electron chi connectivity index (χ2n) is 4.79. The largest absolute Gasteiger partial charge is 0.344 e. The maximum Gasteiger partial charge on any atom is 0.239 e. The van der Waals surface area contributed by atoms with Crippen molar-refractivity contribution in [1.29, 1.82) is 0 Å². The second kappa shape index (κ2) is 4.47. The first-order valence-electron chi connectivity index (χ1n) is 5.79. The van der Waals surface area contributed by atoms with Crippen molar-refractivity contribution in [3.8, 4) is 0 Å². The fourth-order valence-corrected chi connectivity index (χ4v) is 2.04. The van der Waals surface area contributed by atoms with Crippen LogP contribution >= 0.6 is 0 Å². The minimum atomic E-state index is -0.851. The highest BCUT2D eigenvalue weighted by Gasteiger charge is 2.31. The minimum Gasteiger partial charge on any atom is -0.344 e. The van der Waals surface area contributed by atoms with Gasteiger partial charge in [0.1, 0.15) is 6.17 Å². The van der Waals surface area contributed by atoms with Crippen molar-refractivity contribution < 1.29 is 9.18 Å². The van der Waals surface area contributed by atoms with Crippen LogP contribution in [0, 0.1) is 5.92 Å². The number of halogens is 1. The average molecular weight is 214 g/mol. The van der Waals surface area contributed by atoms with E-state index in [9.17, 15) is 9.18 Å². The molecule has 0 radical (unpaired) electrons. The number of amides is 1. The molecule has 3 nitrogen and oxygen atoms in total. The lowest BCUT2D eigenvalue weighted by Gasteiger charge is -2.20. The fraction of sp³-hybridized carbons (Fsp3) is 0.909. The number of hydrogen-bond donors (Lipinski definition) is 1. The van der Waals surface area contributed by atoms with Gasteiger partial charge in [-0.15, -0.1) is 0 Å². The maximum atomic E-state index is 12.9. The molecule has 1 saturated heterocycles. The Morgan fingerprint density at radius 2 is 2.27 bits per heavy atom. The van der Waals surface area contributed by atoms with Gasteiger partial charge >= 0.3 is 0 Å². The molecular weight excluding hydrogens is 195 g/mol. The molecule has 0 unspecified atom stereocenters. The van der Waals surface area contributed by atoms with Gasteiger partial charge in [-0.2, -0.15) is 0 Å². The number of carbonyl (C=O) groups excluding carboxylic acids is 1. The standard InChI is InChI=1S/C11H19FN2O/c1-14(5-4-8-2-3-8)11(15)10-6-9(12)7-13-10/h8-10,13H,2-7H2,1H3/t9-,10+/m0/s1. The third-order valence-electron chi connectivity index (χ3n) is 3.32. The number of likely N-dealkylation sites (N-methyl/N-ethyl adjacent to an activating group) is 1. The predicted molar refractivity (Wildman–Crippen MR) is 56.3 cm³/mol. The third kappa shape index (κ3) is 2.91. The molecule has 2 rings (SSSR count). The van der Waals surface area contributed by atoms with Gasteiger partial charge < -0.3 is 10.2 Å². The zero-order valence-corrected chi connectivity index (χ0v) is 9.21. The zero-order chi connectivity index (χ0) is 10.8. The molecule has 1 amide bonds. The first kappa shape index (κ1) is 10.9. The molecule has 4 heteroatoms. The van der Waals surface area contributed by atoms with Crippen LogP contribution in [0.15, 0.2) is 0 Å².